The fourth-order valence-corrected chi connectivity index (χ4v) is 2.17. The van der Waals surface area contributed by atoms with Crippen molar-refractivity contribution in [2.75, 3.05) is 0 Å². The van der Waals surface area contributed by atoms with Crippen LogP contribution in [0.4, 0.5) is 0 Å². The summed E-state index contributed by atoms with van der Waals surface area (Å²) < 4.78 is 0. The third kappa shape index (κ3) is 1.15. The molecule has 0 spiro atoms. The first-order valence-electron chi connectivity index (χ1n) is 4.90. The molecule has 2 N–H and O–H groups in total. The van der Waals surface area contributed by atoms with Gasteiger partial charge in [0.1, 0.15) is 0 Å². The Morgan fingerprint density at radius 3 is 2.43 bits per heavy atom. The highest BCUT2D eigenvalue weighted by Gasteiger charge is 2.56. The van der Waals surface area contributed by atoms with Gasteiger partial charge in [-0.05, 0) is 17.0 Å². The van der Waals surface area contributed by atoms with Gasteiger partial charge in [0.25, 0.3) is 0 Å². The van der Waals surface area contributed by atoms with E-state index < -0.39 is 0 Å². The van der Waals surface area contributed by atoms with Crippen molar-refractivity contribution >= 4 is 0 Å². The van der Waals surface area contributed by atoms with Crippen molar-refractivity contribution in [1.82, 2.24) is 0 Å². The maximum absolute atomic E-state index is 6.03. The molecule has 0 saturated heterocycles. The Balaban J connectivity index is 2.41. The third-order valence-corrected chi connectivity index (χ3v) is 3.36. The van der Waals surface area contributed by atoms with E-state index in [1.54, 1.807) is 0 Å². The van der Waals surface area contributed by atoms with Crippen LogP contribution >= 0.6 is 0 Å². The van der Waals surface area contributed by atoms with E-state index in [0.717, 1.165) is 5.56 Å². The summed E-state index contributed by atoms with van der Waals surface area (Å²) in [5, 5.41) is 0. The van der Waals surface area contributed by atoms with Crippen LogP contribution in [0.2, 0.25) is 0 Å². The van der Waals surface area contributed by atoms with Crippen LogP contribution in [0.1, 0.15) is 30.9 Å². The molecule has 2 rings (SSSR count). The SMILES string of the molecule is C#Cc1ccccc1C1C(N)C1(C)C. The van der Waals surface area contributed by atoms with Crippen LogP contribution in [0, 0.1) is 17.8 Å². The Bertz CT molecular complexity index is 398. The maximum Gasteiger partial charge on any atom is 0.0278 e. The number of nitrogens with two attached hydrogens (primary N) is 1. The average Bonchev–Trinajstić information content (AvgIpc) is 2.66. The smallest absolute Gasteiger partial charge is 0.0278 e. The van der Waals surface area contributed by atoms with E-state index in [-0.39, 0.29) is 11.5 Å². The van der Waals surface area contributed by atoms with Gasteiger partial charge in [0.15, 0.2) is 0 Å². The van der Waals surface area contributed by atoms with E-state index in [0.29, 0.717) is 5.92 Å². The lowest BCUT2D eigenvalue weighted by molar-refractivity contribution is 0.599. The van der Waals surface area contributed by atoms with Crippen molar-refractivity contribution in [3.63, 3.8) is 0 Å². The molecule has 2 atom stereocenters. The van der Waals surface area contributed by atoms with Gasteiger partial charge in [0.2, 0.25) is 0 Å². The molecule has 0 amide bonds. The summed E-state index contributed by atoms with van der Waals surface area (Å²) in [6, 6.07) is 8.32. The standard InChI is InChI=1S/C13H15N/c1-4-9-7-5-6-8-10(9)11-12(14)13(11,2)3/h1,5-8,11-12H,14H2,2-3H3. The Hall–Kier alpha value is -1.26. The number of terminal acetylenes is 1. The molecule has 1 saturated carbocycles. The molecule has 72 valence electrons. The summed E-state index contributed by atoms with van der Waals surface area (Å²) >= 11 is 0. The lowest BCUT2D eigenvalue weighted by Gasteiger charge is -2.05. The Morgan fingerprint density at radius 1 is 1.36 bits per heavy atom. The van der Waals surface area contributed by atoms with Gasteiger partial charge in [-0.2, -0.15) is 0 Å². The molecule has 1 nitrogen and oxygen atoms in total. The molecule has 0 bridgehead atoms. The minimum absolute atomic E-state index is 0.201. The second-order valence-corrected chi connectivity index (χ2v) is 4.56. The van der Waals surface area contributed by atoms with Gasteiger partial charge in [0, 0.05) is 17.5 Å². The highest BCUT2D eigenvalue weighted by atomic mass is 14.8. The molecule has 1 aromatic rings. The molecular formula is C13H15N. The van der Waals surface area contributed by atoms with E-state index in [4.69, 9.17) is 12.2 Å². The molecule has 1 fully saturated rings. The van der Waals surface area contributed by atoms with Gasteiger partial charge < -0.3 is 5.73 Å². The van der Waals surface area contributed by atoms with Gasteiger partial charge in [-0.25, -0.2) is 0 Å². The second kappa shape index (κ2) is 2.87. The zero-order chi connectivity index (χ0) is 10.3. The van der Waals surface area contributed by atoms with Crippen LogP contribution < -0.4 is 5.73 Å². The summed E-state index contributed by atoms with van der Waals surface area (Å²) in [6.07, 6.45) is 5.46. The van der Waals surface area contributed by atoms with Crippen LogP contribution in [0.25, 0.3) is 0 Å². The Labute approximate surface area is 85.3 Å². The Kier molecular flexibility index (Phi) is 1.90. The van der Waals surface area contributed by atoms with E-state index >= 15 is 0 Å². The van der Waals surface area contributed by atoms with Crippen molar-refractivity contribution < 1.29 is 0 Å². The fourth-order valence-electron chi connectivity index (χ4n) is 2.17. The number of rotatable bonds is 1. The summed E-state index contributed by atoms with van der Waals surface area (Å²) in [7, 11) is 0. The monoisotopic (exact) mass is 185 g/mol. The molecule has 1 aliphatic rings. The normalized spacial score (nSPS) is 28.1. The van der Waals surface area contributed by atoms with Crippen molar-refractivity contribution in [2.45, 2.75) is 25.8 Å². The van der Waals surface area contributed by atoms with Crippen molar-refractivity contribution in [3.05, 3.63) is 35.4 Å². The van der Waals surface area contributed by atoms with E-state index in [2.05, 4.69) is 25.8 Å². The van der Waals surface area contributed by atoms with Crippen LogP contribution in [-0.4, -0.2) is 6.04 Å². The van der Waals surface area contributed by atoms with Crippen LogP contribution in [0.15, 0.2) is 24.3 Å². The van der Waals surface area contributed by atoms with E-state index in [1.165, 1.54) is 5.56 Å². The molecule has 1 heteroatoms. The van der Waals surface area contributed by atoms with Gasteiger partial charge in [-0.1, -0.05) is 38.0 Å². The van der Waals surface area contributed by atoms with Crippen molar-refractivity contribution in [2.24, 2.45) is 11.1 Å². The minimum atomic E-state index is 0.201. The average molecular weight is 185 g/mol. The zero-order valence-corrected chi connectivity index (χ0v) is 8.62. The number of hydrogen-bond donors (Lipinski definition) is 1. The van der Waals surface area contributed by atoms with Gasteiger partial charge >= 0.3 is 0 Å². The first-order valence-corrected chi connectivity index (χ1v) is 4.90. The van der Waals surface area contributed by atoms with Gasteiger partial charge in [-0.3, -0.25) is 0 Å². The number of hydrogen-bond acceptors (Lipinski definition) is 1. The summed E-state index contributed by atoms with van der Waals surface area (Å²) in [6.45, 7) is 4.38. The van der Waals surface area contributed by atoms with Crippen molar-refractivity contribution in [1.29, 1.82) is 0 Å². The van der Waals surface area contributed by atoms with E-state index in [9.17, 15) is 0 Å². The highest BCUT2D eigenvalue weighted by molar-refractivity contribution is 5.47. The maximum atomic E-state index is 6.03. The van der Waals surface area contributed by atoms with Gasteiger partial charge in [0.05, 0.1) is 0 Å². The Morgan fingerprint density at radius 2 is 1.93 bits per heavy atom. The molecule has 1 aromatic carbocycles. The summed E-state index contributed by atoms with van der Waals surface area (Å²) in [5.41, 5.74) is 8.45. The van der Waals surface area contributed by atoms with E-state index in [1.807, 2.05) is 18.2 Å². The molecule has 2 unspecified atom stereocenters. The molecule has 0 radical (unpaired) electrons. The highest BCUT2D eigenvalue weighted by Crippen LogP contribution is 2.57. The fraction of sp³-hybridized carbons (Fsp3) is 0.385. The third-order valence-electron chi connectivity index (χ3n) is 3.36. The lowest BCUT2D eigenvalue weighted by Crippen LogP contribution is -2.06. The van der Waals surface area contributed by atoms with Crippen LogP contribution in [0.3, 0.4) is 0 Å². The topological polar surface area (TPSA) is 26.0 Å². The first-order chi connectivity index (χ1) is 6.59. The largest absolute Gasteiger partial charge is 0.327 e. The second-order valence-electron chi connectivity index (χ2n) is 4.56. The predicted molar refractivity (Wildman–Crippen MR) is 58.9 cm³/mol. The molecule has 0 heterocycles. The zero-order valence-electron chi connectivity index (χ0n) is 8.62. The quantitative estimate of drug-likeness (QED) is 0.666. The van der Waals surface area contributed by atoms with Crippen molar-refractivity contribution in [3.8, 4) is 12.3 Å². The number of benzene rings is 1. The van der Waals surface area contributed by atoms with Gasteiger partial charge in [-0.15, -0.1) is 6.42 Å². The predicted octanol–water partition coefficient (Wildman–Crippen LogP) is 2.12. The molecular weight excluding hydrogens is 170 g/mol. The van der Waals surface area contributed by atoms with Crippen LogP contribution in [0.5, 0.6) is 0 Å². The molecule has 0 aliphatic heterocycles. The first kappa shape index (κ1) is 9.30. The molecule has 14 heavy (non-hydrogen) atoms. The summed E-state index contributed by atoms with van der Waals surface area (Å²) in [4.78, 5) is 0. The lowest BCUT2D eigenvalue weighted by atomic mass is 9.98. The summed E-state index contributed by atoms with van der Waals surface area (Å²) in [5.74, 6) is 3.15. The molecule has 0 aromatic heterocycles. The molecule has 1 aliphatic carbocycles. The minimum Gasteiger partial charge on any atom is -0.327 e. The van der Waals surface area contributed by atoms with Crippen LogP contribution in [-0.2, 0) is 0 Å².